The van der Waals surface area contributed by atoms with Gasteiger partial charge in [-0.2, -0.15) is 0 Å². The molecule has 296 valence electrons. The van der Waals surface area contributed by atoms with Crippen LogP contribution in [0.2, 0.25) is 0 Å². The van der Waals surface area contributed by atoms with E-state index >= 15 is 0 Å². The molecule has 7 rings (SSSR count). The quantitative estimate of drug-likeness (QED) is 0.0792. The molecule has 0 radical (unpaired) electrons. The van der Waals surface area contributed by atoms with E-state index in [0.29, 0.717) is 28.2 Å². The zero-order valence-corrected chi connectivity index (χ0v) is 34.4. The highest BCUT2D eigenvalue weighted by atomic mass is 35.7. The summed E-state index contributed by atoms with van der Waals surface area (Å²) in [5.41, 5.74) is 2.41. The molecule has 1 fully saturated rings. The van der Waals surface area contributed by atoms with Crippen molar-refractivity contribution in [1.29, 1.82) is 0 Å². The first-order valence-electron chi connectivity index (χ1n) is 18.0. The van der Waals surface area contributed by atoms with Gasteiger partial charge in [-0.25, -0.2) is 19.6 Å². The fourth-order valence-corrected chi connectivity index (χ4v) is 9.89. The molecule has 57 heavy (non-hydrogen) atoms. The minimum absolute atomic E-state index is 0.177. The van der Waals surface area contributed by atoms with Gasteiger partial charge in [0.1, 0.15) is 35.6 Å². The highest BCUT2D eigenvalue weighted by molar-refractivity contribution is 8.64. The standard InChI is InChI=1S/C41H42ClN6O7PS/c1-47(2)56(42,50)57-24-33-35(36(53-5)40(54-33)48-26-45-34-37(43-25-44-38(34)48)46-39(49)27-12-8-6-9-13-27)55-41(28-14-10-7-11-15-28,29-16-20-31(51-3)21-17-29)30-18-22-32(52-4)23-19-30/h6-23,25-26,33,35-36,40H,24H2,1-5H3,(H,43,44,46,49)/t33-,35-,36-,40-,56?/m1/s1. The summed E-state index contributed by atoms with van der Waals surface area (Å²) >= 11 is 7.68. The van der Waals surface area contributed by atoms with E-state index in [1.165, 1.54) is 11.0 Å². The number of aromatic nitrogens is 4. The van der Waals surface area contributed by atoms with Crippen molar-refractivity contribution in [3.63, 3.8) is 0 Å². The van der Waals surface area contributed by atoms with Crippen LogP contribution in [0.4, 0.5) is 5.82 Å². The lowest BCUT2D eigenvalue weighted by molar-refractivity contribution is -0.109. The van der Waals surface area contributed by atoms with Crippen molar-refractivity contribution in [1.82, 2.24) is 24.2 Å². The number of fused-ring (bicyclic) bond motifs is 1. The van der Waals surface area contributed by atoms with Crippen molar-refractivity contribution >= 4 is 51.4 Å². The SMILES string of the molecule is COc1ccc(C(O[C@H]2[C@@H](OC)[C@H](n3cnc4c(NC(=O)c5ccccc5)ncnc43)O[C@@H]2CSP(=O)(Cl)N(C)C)(c2ccccc2)c2ccc(OC)cc2)cc1. The number of rotatable bonds is 15. The molecule has 1 saturated heterocycles. The first-order chi connectivity index (χ1) is 27.6. The predicted octanol–water partition coefficient (Wildman–Crippen LogP) is 8.03. The Kier molecular flexibility index (Phi) is 12.3. The van der Waals surface area contributed by atoms with Gasteiger partial charge in [-0.05, 0) is 78.4 Å². The van der Waals surface area contributed by atoms with Crippen LogP contribution in [0.15, 0.2) is 122 Å². The molecule has 5 atom stereocenters. The molecule has 13 nitrogen and oxygen atoms in total. The maximum Gasteiger partial charge on any atom is 0.289 e. The minimum atomic E-state index is -3.34. The van der Waals surface area contributed by atoms with Crippen molar-refractivity contribution in [2.75, 3.05) is 46.5 Å². The van der Waals surface area contributed by atoms with Gasteiger partial charge in [0.2, 0.25) is 0 Å². The van der Waals surface area contributed by atoms with E-state index in [1.807, 2.05) is 84.9 Å². The number of ether oxygens (including phenoxy) is 5. The molecule has 1 aliphatic rings. The summed E-state index contributed by atoms with van der Waals surface area (Å²) in [4.78, 5) is 26.7. The third kappa shape index (κ3) is 8.17. The van der Waals surface area contributed by atoms with Gasteiger partial charge in [-0.1, -0.05) is 84.2 Å². The number of amides is 1. The minimum Gasteiger partial charge on any atom is -0.497 e. The molecule has 0 saturated carbocycles. The van der Waals surface area contributed by atoms with Crippen LogP contribution in [0.1, 0.15) is 33.3 Å². The number of nitrogens with one attached hydrogen (secondary N) is 1. The van der Waals surface area contributed by atoms with E-state index in [9.17, 15) is 9.36 Å². The molecule has 4 aromatic carbocycles. The number of nitrogens with zero attached hydrogens (tertiary/aromatic N) is 5. The van der Waals surface area contributed by atoms with Crippen molar-refractivity contribution in [3.8, 4) is 11.5 Å². The zero-order chi connectivity index (χ0) is 40.2. The van der Waals surface area contributed by atoms with Crippen molar-refractivity contribution in [2.24, 2.45) is 0 Å². The molecular weight excluding hydrogens is 787 g/mol. The average molecular weight is 829 g/mol. The second-order valence-corrected chi connectivity index (χ2v) is 19.8. The van der Waals surface area contributed by atoms with Crippen LogP contribution in [0.3, 0.4) is 0 Å². The van der Waals surface area contributed by atoms with E-state index in [0.717, 1.165) is 28.1 Å². The smallest absolute Gasteiger partial charge is 0.289 e. The predicted molar refractivity (Wildman–Crippen MR) is 221 cm³/mol. The number of carbonyl (C=O) groups is 1. The molecule has 1 unspecified atom stereocenters. The second kappa shape index (κ2) is 17.4. The van der Waals surface area contributed by atoms with E-state index < -0.39 is 36.0 Å². The normalized spacial score (nSPS) is 19.4. The fourth-order valence-electron chi connectivity index (χ4n) is 6.87. The molecule has 2 aromatic heterocycles. The molecule has 1 amide bonds. The van der Waals surface area contributed by atoms with Crippen LogP contribution in [0.25, 0.3) is 11.2 Å². The van der Waals surface area contributed by atoms with E-state index in [1.54, 1.807) is 70.6 Å². The highest BCUT2D eigenvalue weighted by Gasteiger charge is 2.53. The molecule has 0 spiro atoms. The van der Waals surface area contributed by atoms with Gasteiger partial charge in [-0.15, -0.1) is 0 Å². The van der Waals surface area contributed by atoms with E-state index in [-0.39, 0.29) is 17.5 Å². The largest absolute Gasteiger partial charge is 0.497 e. The first kappa shape index (κ1) is 40.4. The summed E-state index contributed by atoms with van der Waals surface area (Å²) in [6.45, 7) is 0. The molecule has 1 N–H and O–H groups in total. The number of hydrogen-bond donors (Lipinski definition) is 1. The first-order valence-corrected chi connectivity index (χ1v) is 22.1. The van der Waals surface area contributed by atoms with Gasteiger partial charge in [0.05, 0.1) is 26.7 Å². The molecule has 0 aliphatic carbocycles. The molecule has 3 heterocycles. The van der Waals surface area contributed by atoms with Crippen LogP contribution in [0.5, 0.6) is 11.5 Å². The van der Waals surface area contributed by atoms with Gasteiger partial charge in [0, 0.05) is 18.4 Å². The number of benzene rings is 4. The third-order valence-electron chi connectivity index (χ3n) is 9.82. The van der Waals surface area contributed by atoms with E-state index in [4.69, 9.17) is 34.9 Å². The third-order valence-corrected chi connectivity index (χ3v) is 15.7. The van der Waals surface area contributed by atoms with Gasteiger partial charge in [0.15, 0.2) is 23.2 Å². The van der Waals surface area contributed by atoms with Gasteiger partial charge in [-0.3, -0.25) is 13.9 Å². The summed E-state index contributed by atoms with van der Waals surface area (Å²) in [7, 11) is 8.17. The Labute approximate surface area is 339 Å². The van der Waals surface area contributed by atoms with Gasteiger partial charge >= 0.3 is 0 Å². The Bertz CT molecular complexity index is 2290. The van der Waals surface area contributed by atoms with Crippen LogP contribution in [-0.2, 0) is 24.4 Å². The Morgan fingerprint density at radius 1 is 0.842 bits per heavy atom. The van der Waals surface area contributed by atoms with Crippen LogP contribution < -0.4 is 14.8 Å². The Hall–Kier alpha value is -4.79. The summed E-state index contributed by atoms with van der Waals surface area (Å²) < 4.78 is 48.7. The number of anilines is 1. The Balaban J connectivity index is 1.35. The lowest BCUT2D eigenvalue weighted by Crippen LogP contribution is -2.45. The molecular formula is C41H42ClN6O7PS. The molecule has 16 heteroatoms. The number of hydrogen-bond acceptors (Lipinski definition) is 11. The Morgan fingerprint density at radius 3 is 1.98 bits per heavy atom. The molecule has 0 bridgehead atoms. The highest BCUT2D eigenvalue weighted by Crippen LogP contribution is 2.65. The maximum atomic E-state index is 13.5. The number of carbonyl (C=O) groups excluding carboxylic acids is 1. The van der Waals surface area contributed by atoms with Crippen molar-refractivity contribution < 1.29 is 33.0 Å². The Morgan fingerprint density at radius 2 is 1.42 bits per heavy atom. The monoisotopic (exact) mass is 828 g/mol. The lowest BCUT2D eigenvalue weighted by Gasteiger charge is -2.40. The van der Waals surface area contributed by atoms with Crippen LogP contribution in [0, 0.1) is 0 Å². The summed E-state index contributed by atoms with van der Waals surface area (Å²) in [6.07, 6.45) is -0.241. The lowest BCUT2D eigenvalue weighted by atomic mass is 9.79. The summed E-state index contributed by atoms with van der Waals surface area (Å²) in [6, 6.07) is 34.2. The topological polar surface area (TPSA) is 139 Å². The number of methoxy groups -OCH3 is 3. The number of imidazole rings is 1. The van der Waals surface area contributed by atoms with Crippen LogP contribution in [-0.4, -0.2) is 89.6 Å². The van der Waals surface area contributed by atoms with Gasteiger partial charge in [0.25, 0.3) is 11.8 Å². The summed E-state index contributed by atoms with van der Waals surface area (Å²) in [5.74, 6) is -1.92. The number of halogens is 1. The maximum absolute atomic E-state index is 13.5. The van der Waals surface area contributed by atoms with Crippen molar-refractivity contribution in [2.45, 2.75) is 30.1 Å². The van der Waals surface area contributed by atoms with Crippen molar-refractivity contribution in [3.05, 3.63) is 144 Å². The molecule has 6 aromatic rings. The van der Waals surface area contributed by atoms with E-state index in [2.05, 4.69) is 20.3 Å². The fraction of sp³-hybridized carbons (Fsp3) is 0.268. The second-order valence-electron chi connectivity index (χ2n) is 13.3. The average Bonchev–Trinajstić information content (AvgIpc) is 3.84. The molecule has 1 aliphatic heterocycles. The van der Waals surface area contributed by atoms with Gasteiger partial charge < -0.3 is 29.0 Å². The summed E-state index contributed by atoms with van der Waals surface area (Å²) in [5, 5.41) is 2.86. The van der Waals surface area contributed by atoms with Crippen LogP contribution >= 0.6 is 28.5 Å². The zero-order valence-electron chi connectivity index (χ0n) is 31.9.